The molecule has 0 unspecified atom stereocenters. The summed E-state index contributed by atoms with van der Waals surface area (Å²) in [5.41, 5.74) is 0.0671. The smallest absolute Gasteiger partial charge is 0.252 e. The molecule has 8 nitrogen and oxygen atoms in total. The van der Waals surface area contributed by atoms with Crippen molar-refractivity contribution in [1.29, 1.82) is 0 Å². The Bertz CT molecular complexity index is 9000. The van der Waals surface area contributed by atoms with Crippen LogP contribution in [0.15, 0.2) is 375 Å². The molecule has 20 aromatic rings. The topological polar surface area (TPSA) is 59.9 Å². The van der Waals surface area contributed by atoms with Gasteiger partial charge < -0.3 is 23.5 Å². The summed E-state index contributed by atoms with van der Waals surface area (Å²) in [4.78, 5) is 18.8. The maximum Gasteiger partial charge on any atom is 0.252 e. The van der Waals surface area contributed by atoms with Crippen molar-refractivity contribution in [2.24, 2.45) is 0 Å². The third-order valence-corrected chi connectivity index (χ3v) is 20.9. The molecule has 112 heavy (non-hydrogen) atoms. The van der Waals surface area contributed by atoms with Crippen LogP contribution in [-0.4, -0.2) is 35.4 Å². The molecule has 9 heteroatoms. The summed E-state index contributed by atoms with van der Waals surface area (Å²) in [5, 5.41) is -1.97. The molecule has 0 saturated heterocycles. The molecule has 2 aliphatic heterocycles. The van der Waals surface area contributed by atoms with Gasteiger partial charge in [-0.05, 0) is 147 Å². The van der Waals surface area contributed by atoms with Crippen molar-refractivity contribution in [1.82, 2.24) is 28.7 Å². The first-order valence-corrected chi connectivity index (χ1v) is 35.8. The largest absolute Gasteiger partial charge is 0.311 e. The van der Waals surface area contributed by atoms with E-state index >= 15 is 0 Å². The molecule has 4 aromatic heterocycles. The molecule has 526 valence electrons. The molecule has 22 rings (SSSR count). The summed E-state index contributed by atoms with van der Waals surface area (Å²) < 4.78 is 329. The van der Waals surface area contributed by atoms with Crippen LogP contribution in [0.25, 0.3) is 150 Å². The number of benzene rings is 16. The monoisotopic (exact) mass is 1460 g/mol. The van der Waals surface area contributed by atoms with Gasteiger partial charge in [-0.25, -0.2) is 15.0 Å². The van der Waals surface area contributed by atoms with Crippen LogP contribution in [0.4, 0.5) is 34.1 Å². The van der Waals surface area contributed by atoms with Crippen LogP contribution >= 0.6 is 0 Å². The number of para-hydroxylation sites is 6. The average molecular weight is 1470 g/mol. The van der Waals surface area contributed by atoms with Crippen LogP contribution < -0.4 is 26.2 Å². The minimum absolute atomic E-state index is 0.00596. The normalized spacial score (nSPS) is 16.8. The highest BCUT2D eigenvalue weighted by molar-refractivity contribution is 7.00. The molecule has 0 fully saturated rings. The van der Waals surface area contributed by atoms with Gasteiger partial charge in [0.05, 0.1) is 96.8 Å². The maximum atomic E-state index is 10.3. The van der Waals surface area contributed by atoms with Gasteiger partial charge in [0.25, 0.3) is 6.71 Å². The van der Waals surface area contributed by atoms with E-state index < -0.39 is 257 Å². The highest BCUT2D eigenvalue weighted by atomic mass is 15.2. The Hall–Kier alpha value is -14.4. The lowest BCUT2D eigenvalue weighted by Gasteiger charge is -2.46. The molecule has 0 saturated carbocycles. The van der Waals surface area contributed by atoms with E-state index in [-0.39, 0.29) is 122 Å². The fourth-order valence-corrected chi connectivity index (χ4v) is 16.0. The fraction of sp³-hybridized carbons (Fsp3) is 0.0388. The summed E-state index contributed by atoms with van der Waals surface area (Å²) in [6, 6.07) is 23.3. The van der Waals surface area contributed by atoms with E-state index in [1.807, 2.05) is 111 Å². The third-order valence-electron chi connectivity index (χ3n) is 20.9. The zero-order valence-corrected chi connectivity index (χ0v) is 59.3. The fourth-order valence-electron chi connectivity index (χ4n) is 16.0. The molecule has 0 amide bonds. The van der Waals surface area contributed by atoms with Gasteiger partial charge in [0.15, 0.2) is 17.5 Å². The van der Waals surface area contributed by atoms with Crippen molar-refractivity contribution >= 4 is 123 Å². The molecule has 0 aliphatic carbocycles. The third kappa shape index (κ3) is 10.3. The molecule has 6 heterocycles. The van der Waals surface area contributed by atoms with Crippen molar-refractivity contribution in [3.63, 3.8) is 0 Å². The lowest BCUT2D eigenvalue weighted by molar-refractivity contribution is 0.590. The maximum absolute atomic E-state index is 10.3. The van der Waals surface area contributed by atoms with Crippen molar-refractivity contribution in [2.45, 2.75) is 26.2 Å². The second-order valence-corrected chi connectivity index (χ2v) is 28.1. The highest BCUT2D eigenvalue weighted by Crippen LogP contribution is 2.54. The molecule has 0 N–H and O–H groups in total. The molecule has 0 spiro atoms. The van der Waals surface area contributed by atoms with Crippen LogP contribution in [0, 0.1) is 0 Å². The lowest BCUT2D eigenvalue weighted by atomic mass is 9.33. The number of hydrogen-bond acceptors (Lipinski definition) is 5. The van der Waals surface area contributed by atoms with Gasteiger partial charge >= 0.3 is 0 Å². The first kappa shape index (κ1) is 39.1. The van der Waals surface area contributed by atoms with Gasteiger partial charge in [-0.15, -0.1) is 0 Å². The Morgan fingerprint density at radius 2 is 0.643 bits per heavy atom. The standard InChI is InChI=1S/C103H71BN8/c1-103(2,3)72-60-83(68-35-13-6-14-36-68)99(84(61-72)102-106-100(69-37-15-7-16-38-69)105-101(107-102)70-39-17-8-18-40-70)112-95-63-74(109-89-49-27-21-43-78(89)79-44-22-28-50-90(79)109)55-57-86(95)104-85-56-54-73(108-87-47-25-19-41-76(87)77-42-20-26-48-88(77)108)62-94(85)111(93-58-53-71(66-31-9-4-10-32-66)59-82(93)67-33-11-5-12-34-67)96-64-75(65-97(112)98(96)104)110-91-51-29-23-45-80(91)81-46-24-30-52-92(81)110/h4-65H,1-3H3/i7D,8D,15D,16D,17D,18D,19D,20D,21D,22D,23D,24D,25D,26D,27D,28D,29D,30D,37D,38D,39D,40D,41D,42D,43D,44D,45D,46D,47D,48D,49D,50D,51D,52D. The first-order chi connectivity index (χ1) is 69.3. The zero-order valence-electron chi connectivity index (χ0n) is 93.3. The van der Waals surface area contributed by atoms with E-state index in [1.165, 1.54) is 13.7 Å². The molecular formula is C103H71BN8. The van der Waals surface area contributed by atoms with Gasteiger partial charge in [-0.3, -0.25) is 0 Å². The van der Waals surface area contributed by atoms with E-state index in [9.17, 15) is 41.1 Å². The van der Waals surface area contributed by atoms with Gasteiger partial charge in [0.1, 0.15) is 0 Å². The number of fused-ring (bicyclic) bond motifs is 13. The SMILES string of the molecule is [2H]c1c([2H])c([2H])c(-c2nc(-c3cc(C(C)(C)C)cc(-c4ccccc4)c3N3c4cc(-n5c6c([2H])c([2H])c([2H])c([2H])c6c6c([2H])c([2H])c([2H])c([2H])c65)ccc4B4c5ccc(-n6c7c([2H])c([2H])c([2H])c([2H])c7c7c([2H])c([2H])c([2H])c([2H])c76)cc5N(c5ccc(-c6ccccc6)cc5-c5ccccc5)c5cc(-n6c7c([2H])c([2H])c([2H])c([2H])c7c7c([2H])c([2H])c([2H])c([2H])c76)cc3c54)nc(-c3c([2H])c([2H])c([2H])c([2H])c3[2H])n2)c([2H])c1[2H]. The quantitative estimate of drug-likeness (QED) is 0.121. The van der Waals surface area contributed by atoms with E-state index in [0.717, 1.165) is 5.56 Å². The Morgan fingerprint density at radius 3 is 1.09 bits per heavy atom. The molecule has 16 aromatic carbocycles. The number of nitrogens with zero attached hydrogens (tertiary/aromatic N) is 8. The summed E-state index contributed by atoms with van der Waals surface area (Å²) >= 11 is 0. The molecule has 0 atom stereocenters. The Balaban J connectivity index is 1.01. The summed E-state index contributed by atoms with van der Waals surface area (Å²) in [7, 11) is 0. The number of hydrogen-bond donors (Lipinski definition) is 0. The van der Waals surface area contributed by atoms with E-state index in [0.29, 0.717) is 39.0 Å². The average Bonchev–Trinajstić information content (AvgIpc) is 1.21. The van der Waals surface area contributed by atoms with Crippen LogP contribution in [0.2, 0.25) is 0 Å². The minimum atomic E-state index is -1.34. The Kier molecular flexibility index (Phi) is 8.95. The molecule has 2 aliphatic rings. The second-order valence-electron chi connectivity index (χ2n) is 28.1. The van der Waals surface area contributed by atoms with Crippen LogP contribution in [0.1, 0.15) is 72.9 Å². The number of anilines is 6. The molecule has 0 bridgehead atoms. The van der Waals surface area contributed by atoms with Crippen LogP contribution in [0.3, 0.4) is 0 Å². The predicted octanol–water partition coefficient (Wildman–Crippen LogP) is 24.5. The summed E-state index contributed by atoms with van der Waals surface area (Å²) in [6.45, 7) is 4.31. The van der Waals surface area contributed by atoms with Crippen molar-refractivity contribution in [3.8, 4) is 84.6 Å². The lowest BCUT2D eigenvalue weighted by Crippen LogP contribution is -2.61. The Morgan fingerprint density at radius 1 is 0.277 bits per heavy atom. The van der Waals surface area contributed by atoms with Crippen molar-refractivity contribution in [3.05, 3.63) is 381 Å². The molecular weight excluding hydrogens is 1360 g/mol. The summed E-state index contributed by atoms with van der Waals surface area (Å²) in [5.74, 6) is -1.92. The van der Waals surface area contributed by atoms with E-state index in [2.05, 4.69) is 0 Å². The van der Waals surface area contributed by atoms with Crippen LogP contribution in [0.5, 0.6) is 0 Å². The van der Waals surface area contributed by atoms with Gasteiger partial charge in [0.2, 0.25) is 0 Å². The number of rotatable bonds is 11. The minimum Gasteiger partial charge on any atom is -0.311 e. The predicted molar refractivity (Wildman–Crippen MR) is 468 cm³/mol. The highest BCUT2D eigenvalue weighted by Gasteiger charge is 2.46. The van der Waals surface area contributed by atoms with Crippen molar-refractivity contribution < 1.29 is 46.6 Å². The zero-order chi connectivity index (χ0) is 104. The van der Waals surface area contributed by atoms with Gasteiger partial charge in [-0.1, -0.05) is 299 Å². The molecule has 0 radical (unpaired) electrons. The van der Waals surface area contributed by atoms with Gasteiger partial charge in [0, 0.05) is 94.3 Å². The first-order valence-electron chi connectivity index (χ1n) is 52.8. The van der Waals surface area contributed by atoms with E-state index in [4.69, 9.17) is 20.4 Å². The van der Waals surface area contributed by atoms with E-state index in [1.54, 1.807) is 89.8 Å². The van der Waals surface area contributed by atoms with Crippen LogP contribution in [-0.2, 0) is 5.41 Å². The Labute approximate surface area is 697 Å². The van der Waals surface area contributed by atoms with Crippen molar-refractivity contribution in [2.75, 3.05) is 9.80 Å². The summed E-state index contributed by atoms with van der Waals surface area (Å²) in [6.07, 6.45) is 0. The number of aromatic nitrogens is 6. The second kappa shape index (κ2) is 25.6. The van der Waals surface area contributed by atoms with Gasteiger partial charge in [-0.2, -0.15) is 0 Å².